The van der Waals surface area contributed by atoms with Gasteiger partial charge in [0.05, 0.1) is 32.9 Å². The van der Waals surface area contributed by atoms with Crippen LogP contribution in [0.25, 0.3) is 10.8 Å². The Morgan fingerprint density at radius 1 is 0.946 bits per heavy atom. The fraction of sp³-hybridized carbons (Fsp3) is 0.333. The van der Waals surface area contributed by atoms with Crippen LogP contribution in [0.5, 0.6) is 0 Å². The summed E-state index contributed by atoms with van der Waals surface area (Å²) in [5.74, 6) is 2.10. The van der Waals surface area contributed by atoms with Gasteiger partial charge < -0.3 is 18.7 Å². The number of rotatable bonds is 10. The maximum Gasteiger partial charge on any atom is 0.326 e. The third-order valence-electron chi connectivity index (χ3n) is 6.25. The van der Waals surface area contributed by atoms with Crippen LogP contribution in [0.1, 0.15) is 30.0 Å². The van der Waals surface area contributed by atoms with Gasteiger partial charge in [0.25, 0.3) is 0 Å². The molecule has 0 fully saturated rings. The summed E-state index contributed by atoms with van der Waals surface area (Å²) in [5, 5.41) is 1.94. The first-order valence-corrected chi connectivity index (χ1v) is 12.9. The van der Waals surface area contributed by atoms with Crippen molar-refractivity contribution in [2.45, 2.75) is 45.1 Å². The van der Waals surface area contributed by atoms with Gasteiger partial charge in [-0.05, 0) is 62.9 Å². The van der Waals surface area contributed by atoms with Crippen LogP contribution in [0.3, 0.4) is 0 Å². The van der Waals surface area contributed by atoms with Gasteiger partial charge in [-0.2, -0.15) is 0 Å². The van der Waals surface area contributed by atoms with E-state index in [1.807, 2.05) is 52.5 Å². The first-order chi connectivity index (χ1) is 17.7. The number of carbonyl (C=O) groups excluding carboxylic acids is 2. The maximum absolute atomic E-state index is 12.5. The molecule has 0 spiro atoms. The molecule has 194 valence electrons. The number of terminal acetylenes is 1. The van der Waals surface area contributed by atoms with Gasteiger partial charge in [0.1, 0.15) is 6.54 Å². The van der Waals surface area contributed by atoms with E-state index in [4.69, 9.17) is 15.9 Å². The molecule has 0 aliphatic rings. The second-order valence-corrected chi connectivity index (χ2v) is 10.1. The molecule has 37 heavy (non-hydrogen) atoms. The molecule has 3 rings (SSSR count). The van der Waals surface area contributed by atoms with E-state index in [0.29, 0.717) is 6.54 Å². The summed E-state index contributed by atoms with van der Waals surface area (Å²) in [7, 11) is 2.78. The van der Waals surface area contributed by atoms with E-state index in [1.54, 1.807) is 0 Å². The van der Waals surface area contributed by atoms with Gasteiger partial charge in [-0.15, -0.1) is 6.42 Å². The summed E-state index contributed by atoms with van der Waals surface area (Å²) in [6.07, 6.45) is 5.93. The molecule has 0 aliphatic carbocycles. The highest BCUT2D eigenvalue weighted by molar-refractivity contribution is 8.00. The summed E-state index contributed by atoms with van der Waals surface area (Å²) >= 11 is 1.53. The Morgan fingerprint density at radius 3 is 2.08 bits per heavy atom. The topological polar surface area (TPSA) is 59.1 Å². The van der Waals surface area contributed by atoms with Crippen molar-refractivity contribution >= 4 is 46.0 Å². The Hall–Kier alpha value is -3.63. The van der Waals surface area contributed by atoms with Crippen molar-refractivity contribution < 1.29 is 19.1 Å². The van der Waals surface area contributed by atoms with E-state index >= 15 is 0 Å². The quantitative estimate of drug-likeness (QED) is 0.190. The Balaban J connectivity index is 2.14. The molecule has 0 radical (unpaired) electrons. The van der Waals surface area contributed by atoms with Crippen molar-refractivity contribution in [3.05, 3.63) is 65.2 Å². The number of ether oxygens (including phenoxy) is 2. The number of hydrogen-bond acceptors (Lipinski definition) is 7. The predicted molar refractivity (Wildman–Crippen MR) is 152 cm³/mol. The van der Waals surface area contributed by atoms with Gasteiger partial charge in [0.2, 0.25) is 0 Å². The minimum absolute atomic E-state index is 0.0735. The third-order valence-corrected chi connectivity index (χ3v) is 7.62. The Kier molecular flexibility index (Phi) is 9.48. The van der Waals surface area contributed by atoms with Crippen molar-refractivity contribution in [1.29, 1.82) is 0 Å². The van der Waals surface area contributed by atoms with Crippen LogP contribution >= 0.6 is 11.9 Å². The first-order valence-electron chi connectivity index (χ1n) is 12.1. The largest absolute Gasteiger partial charge is 0.469 e. The lowest BCUT2D eigenvalue weighted by Gasteiger charge is -2.32. The summed E-state index contributed by atoms with van der Waals surface area (Å²) in [5.41, 5.74) is 5.29. The van der Waals surface area contributed by atoms with Gasteiger partial charge in [0, 0.05) is 27.4 Å². The fourth-order valence-electron chi connectivity index (χ4n) is 4.52. The number of hydrogen-bond donors (Lipinski definition) is 0. The van der Waals surface area contributed by atoms with Crippen molar-refractivity contribution in [2.24, 2.45) is 0 Å². The fourth-order valence-corrected chi connectivity index (χ4v) is 5.57. The van der Waals surface area contributed by atoms with Gasteiger partial charge in [0.15, 0.2) is 0 Å². The monoisotopic (exact) mass is 518 g/mol. The number of benzene rings is 3. The lowest BCUT2D eigenvalue weighted by atomic mass is 10.0. The van der Waals surface area contributed by atoms with Crippen LogP contribution in [0.15, 0.2) is 53.4 Å². The second-order valence-electron chi connectivity index (χ2n) is 9.04. The molecule has 7 heteroatoms. The highest BCUT2D eigenvalue weighted by Gasteiger charge is 2.23. The molecule has 0 aromatic heterocycles. The zero-order valence-electron chi connectivity index (χ0n) is 22.3. The van der Waals surface area contributed by atoms with Gasteiger partial charge in [-0.25, -0.2) is 0 Å². The van der Waals surface area contributed by atoms with Crippen LogP contribution in [0.2, 0.25) is 0 Å². The van der Waals surface area contributed by atoms with Crippen LogP contribution < -0.4 is 9.21 Å². The maximum atomic E-state index is 12.5. The predicted octanol–water partition coefficient (Wildman–Crippen LogP) is 5.84. The molecule has 6 nitrogen and oxygen atoms in total. The van der Waals surface area contributed by atoms with Crippen LogP contribution in [-0.4, -0.2) is 45.3 Å². The lowest BCUT2D eigenvalue weighted by Crippen LogP contribution is -2.35. The molecule has 3 aromatic carbocycles. The summed E-state index contributed by atoms with van der Waals surface area (Å²) < 4.78 is 11.9. The van der Waals surface area contributed by atoms with E-state index in [1.165, 1.54) is 31.7 Å². The molecule has 0 N–H and O–H groups in total. The standard InChI is InChI=1S/C30H34N2O4S/c1-8-15-31(23(5)18-28(33)35-6)26-13-14-27(25-12-10-9-11-24(25)26)32(19-29(34)36-7)37-30-21(3)16-20(2)17-22(30)4/h1,9-14,16-17,23H,15,18-19H2,2-7H3. The molecule has 0 saturated heterocycles. The first kappa shape index (κ1) is 27.9. The zero-order valence-corrected chi connectivity index (χ0v) is 23.1. The Bertz CT molecular complexity index is 1310. The number of carbonyl (C=O) groups is 2. The number of fused-ring (bicyclic) bond motifs is 1. The van der Waals surface area contributed by atoms with Gasteiger partial charge in [-0.1, -0.05) is 47.9 Å². The third kappa shape index (κ3) is 6.58. The van der Waals surface area contributed by atoms with Gasteiger partial charge >= 0.3 is 11.9 Å². The van der Waals surface area contributed by atoms with Crippen LogP contribution in [-0.2, 0) is 19.1 Å². The minimum Gasteiger partial charge on any atom is -0.469 e. The molecular formula is C30H34N2O4S. The SMILES string of the molecule is C#CCN(c1ccc(N(CC(=O)OC)Sc2c(C)cc(C)cc2C)c2ccccc12)C(C)CC(=O)OC. The summed E-state index contributed by atoms with van der Waals surface area (Å²) in [6, 6.07) is 16.1. The van der Waals surface area contributed by atoms with E-state index in [0.717, 1.165) is 38.2 Å². The van der Waals surface area contributed by atoms with E-state index in [-0.39, 0.29) is 30.9 Å². The van der Waals surface area contributed by atoms with Crippen molar-refractivity contribution in [3.8, 4) is 12.3 Å². The molecule has 0 bridgehead atoms. The number of esters is 2. The molecule has 0 aliphatic heterocycles. The number of nitrogens with zero attached hydrogens (tertiary/aromatic N) is 2. The molecule has 0 saturated carbocycles. The highest BCUT2D eigenvalue weighted by atomic mass is 32.2. The smallest absolute Gasteiger partial charge is 0.326 e. The molecule has 0 amide bonds. The molecule has 3 aromatic rings. The van der Waals surface area contributed by atoms with E-state index in [2.05, 4.69) is 38.8 Å². The molecular weight excluding hydrogens is 484 g/mol. The van der Waals surface area contributed by atoms with Crippen LogP contribution in [0, 0.1) is 33.1 Å². The van der Waals surface area contributed by atoms with Crippen molar-refractivity contribution in [3.63, 3.8) is 0 Å². The molecule has 1 atom stereocenters. The summed E-state index contributed by atoms with van der Waals surface area (Å²) in [4.78, 5) is 27.6. The van der Waals surface area contributed by atoms with E-state index in [9.17, 15) is 9.59 Å². The zero-order chi connectivity index (χ0) is 27.1. The average Bonchev–Trinajstić information content (AvgIpc) is 2.87. The van der Waals surface area contributed by atoms with Gasteiger partial charge in [-0.3, -0.25) is 9.59 Å². The minimum atomic E-state index is -0.330. The summed E-state index contributed by atoms with van der Waals surface area (Å²) in [6.45, 7) is 8.61. The Labute approximate surface area is 224 Å². The van der Waals surface area contributed by atoms with E-state index < -0.39 is 0 Å². The number of methoxy groups -OCH3 is 2. The van der Waals surface area contributed by atoms with Crippen molar-refractivity contribution in [2.75, 3.05) is 36.5 Å². The molecule has 0 heterocycles. The Morgan fingerprint density at radius 2 is 1.51 bits per heavy atom. The molecule has 1 unspecified atom stereocenters. The lowest BCUT2D eigenvalue weighted by molar-refractivity contribution is -0.141. The number of anilines is 2. The number of aryl methyl sites for hydroxylation is 3. The highest BCUT2D eigenvalue weighted by Crippen LogP contribution is 2.40. The normalized spacial score (nSPS) is 11.5. The van der Waals surface area contributed by atoms with Crippen molar-refractivity contribution in [1.82, 2.24) is 0 Å². The second kappa shape index (κ2) is 12.6. The average molecular weight is 519 g/mol. The van der Waals surface area contributed by atoms with Crippen LogP contribution in [0.4, 0.5) is 11.4 Å².